The van der Waals surface area contributed by atoms with Gasteiger partial charge in [0.15, 0.2) is 0 Å². The van der Waals surface area contributed by atoms with Gasteiger partial charge >= 0.3 is 0 Å². The van der Waals surface area contributed by atoms with Crippen molar-refractivity contribution < 1.29 is 0 Å². The lowest BCUT2D eigenvalue weighted by molar-refractivity contribution is 0.0866. The van der Waals surface area contributed by atoms with E-state index in [1.807, 2.05) is 7.05 Å². The summed E-state index contributed by atoms with van der Waals surface area (Å²) in [4.78, 5) is 17.5. The molecule has 7 aliphatic heterocycles. The lowest BCUT2D eigenvalue weighted by Gasteiger charge is -2.43. The number of piperazine rings is 7. The highest BCUT2D eigenvalue weighted by molar-refractivity contribution is 4.92. The van der Waals surface area contributed by atoms with Crippen LogP contribution in [-0.2, 0) is 0 Å². The zero-order valence-electron chi connectivity index (χ0n) is 63.3. The van der Waals surface area contributed by atoms with Gasteiger partial charge < -0.3 is 76.9 Å². The standard InChI is InChI=1S/C11H25N3.4C10H23N3.2C9H21N3/c1-4-5-11(12)8-14-7-6-13-9(2)10(14)3;1-8-9(2)13(6-5-12-8)7-10(3,4)11;1-7(11)9(3)13-6-5-12-8(2)10(13)4;1-8(11)4-6-13-7-5-12-9(2)10(13)3;1-4-10(11)7-13-6-5-12-8(2)9(13)3;1-8-9(2)12(6-4-10-3)7-5-11-8;1-7(10)6-12-5-4-11-8(2)9(12)3/h9-11,13H,4-8,12H2,1-3H3;8-9,12H,5-7,11H2,1-4H3;7-10,12H,5-6,11H2,1-4H3;2*8-10,12H,4-7,11H2,1-3H3;8-11H,4-7H2,1-3H3;7-9,11H,4-6,10H2,1-3H3. The minimum absolute atomic E-state index is 0.0781. The van der Waals surface area contributed by atoms with Gasteiger partial charge in [0.05, 0.1) is 0 Å². The fourth-order valence-electron chi connectivity index (χ4n) is 13.1. The van der Waals surface area contributed by atoms with E-state index in [1.54, 1.807) is 0 Å². The Labute approximate surface area is 557 Å². The number of nitrogens with one attached hydrogen (secondary N) is 8. The summed E-state index contributed by atoms with van der Waals surface area (Å²) in [5.74, 6) is 0. The molecule has 20 unspecified atom stereocenters. The van der Waals surface area contributed by atoms with Crippen LogP contribution < -0.4 is 76.9 Å². The average molecular weight is 1280 g/mol. The Kier molecular flexibility index (Phi) is 45.7. The number of hydrogen-bond donors (Lipinski definition) is 14. The van der Waals surface area contributed by atoms with Gasteiger partial charge in [-0.1, -0.05) is 20.3 Å². The van der Waals surface area contributed by atoms with E-state index in [2.05, 4.69) is 229 Å². The van der Waals surface area contributed by atoms with Crippen LogP contribution in [-0.4, -0.2) is 305 Å². The average Bonchev–Trinajstić information content (AvgIpc) is 3.07. The summed E-state index contributed by atoms with van der Waals surface area (Å²) in [6.45, 7) is 71.9. The lowest BCUT2D eigenvalue weighted by atomic mass is 10.0. The van der Waals surface area contributed by atoms with Crippen molar-refractivity contribution in [3.63, 3.8) is 0 Å². The smallest absolute Gasteiger partial charge is 0.0226 e. The minimum Gasteiger partial charge on any atom is -0.328 e. The molecule has 20 atom stereocenters. The fraction of sp³-hybridized carbons (Fsp3) is 1.00. The highest BCUT2D eigenvalue weighted by Crippen LogP contribution is 2.17. The molecule has 0 amide bonds. The molecule has 0 radical (unpaired) electrons. The van der Waals surface area contributed by atoms with Gasteiger partial charge in [0.25, 0.3) is 0 Å². The molecule has 0 aromatic rings. The first-order valence-electron chi connectivity index (χ1n) is 36.8. The number of hydrogen-bond acceptors (Lipinski definition) is 21. The van der Waals surface area contributed by atoms with Gasteiger partial charge in [-0.2, -0.15) is 0 Å². The van der Waals surface area contributed by atoms with E-state index in [0.717, 1.165) is 144 Å². The number of likely N-dealkylation sites (N-methyl/N-ethyl adjacent to an activating group) is 1. The van der Waals surface area contributed by atoms with Gasteiger partial charge in [-0.25, -0.2) is 0 Å². The van der Waals surface area contributed by atoms with E-state index >= 15 is 0 Å². The van der Waals surface area contributed by atoms with Crippen LogP contribution in [0.4, 0.5) is 0 Å². The molecule has 0 saturated carbocycles. The highest BCUT2D eigenvalue weighted by Gasteiger charge is 2.32. The maximum absolute atomic E-state index is 6.06. The highest BCUT2D eigenvalue weighted by atomic mass is 15.3. The predicted molar refractivity (Wildman–Crippen MR) is 393 cm³/mol. The van der Waals surface area contributed by atoms with Crippen molar-refractivity contribution in [1.82, 2.24) is 76.8 Å². The zero-order valence-corrected chi connectivity index (χ0v) is 63.3. The van der Waals surface area contributed by atoms with E-state index < -0.39 is 0 Å². The molecule has 0 bridgehead atoms. The molecule has 7 rings (SSSR count). The van der Waals surface area contributed by atoms with Crippen molar-refractivity contribution in [2.45, 2.75) is 304 Å². The Morgan fingerprint density at radius 3 is 1.08 bits per heavy atom. The molecule has 21 heteroatoms. The van der Waals surface area contributed by atoms with Crippen LogP contribution in [0.2, 0.25) is 0 Å². The normalized spacial score (nSPS) is 33.3. The Morgan fingerprint density at radius 1 is 0.411 bits per heavy atom. The summed E-state index contributed by atoms with van der Waals surface area (Å²) in [6.07, 6.45) is 4.52. The monoisotopic (exact) mass is 1280 g/mol. The third-order valence-electron chi connectivity index (χ3n) is 21.1. The molecule has 7 saturated heterocycles. The quantitative estimate of drug-likeness (QED) is 0.0884. The number of nitrogens with two attached hydrogens (primary N) is 6. The third kappa shape index (κ3) is 34.9. The Morgan fingerprint density at radius 2 is 0.733 bits per heavy atom. The first-order chi connectivity index (χ1) is 42.2. The summed E-state index contributed by atoms with van der Waals surface area (Å²) >= 11 is 0. The van der Waals surface area contributed by atoms with E-state index in [9.17, 15) is 0 Å². The van der Waals surface area contributed by atoms with Crippen LogP contribution in [0, 0.1) is 0 Å². The van der Waals surface area contributed by atoms with Crippen molar-refractivity contribution in [1.29, 1.82) is 0 Å². The molecule has 20 N–H and O–H groups in total. The van der Waals surface area contributed by atoms with Crippen LogP contribution in [0.1, 0.15) is 178 Å². The summed E-state index contributed by atoms with van der Waals surface area (Å²) in [5.41, 5.74) is 35.4. The van der Waals surface area contributed by atoms with Gasteiger partial charge in [0.2, 0.25) is 0 Å². The molecule has 7 heterocycles. The molecule has 540 valence electrons. The van der Waals surface area contributed by atoms with Gasteiger partial charge in [-0.3, -0.25) is 34.3 Å². The van der Waals surface area contributed by atoms with Gasteiger partial charge in [0.1, 0.15) is 0 Å². The molecule has 0 spiro atoms. The SMILES string of the molecule is CC(N)C(C)N1CCNC(C)C1C.CC(N)CCN1CCNC(C)C1C.CC(N)CN1CCNC(C)C1C.CC1NCCN(CC(C)(C)N)C1C.CCC(N)CN1CCNC(C)C1C.CCCC(N)CN1CCNC(C)C1C.CNCCN1CCNC(C)C1C. The van der Waals surface area contributed by atoms with Crippen molar-refractivity contribution >= 4 is 0 Å². The topological polar surface area (TPSA) is 275 Å². The zero-order chi connectivity index (χ0) is 68.4. The lowest BCUT2D eigenvalue weighted by Crippen LogP contribution is -2.60. The molecule has 21 nitrogen and oxygen atoms in total. The van der Waals surface area contributed by atoms with Gasteiger partial charge in [-0.05, 0) is 171 Å². The van der Waals surface area contributed by atoms with Crippen molar-refractivity contribution in [2.24, 2.45) is 34.4 Å². The number of nitrogens with zero attached hydrogens (tertiary/aromatic N) is 7. The summed E-state index contributed by atoms with van der Waals surface area (Å²) < 4.78 is 0. The van der Waals surface area contributed by atoms with Gasteiger partial charge in [0, 0.05) is 257 Å². The molecule has 0 aliphatic carbocycles. The summed E-state index contributed by atoms with van der Waals surface area (Å²) in [5, 5.41) is 27.5. The second-order valence-electron chi connectivity index (χ2n) is 29.8. The Hall–Kier alpha value is -0.840. The van der Waals surface area contributed by atoms with Gasteiger partial charge in [-0.15, -0.1) is 0 Å². The second kappa shape index (κ2) is 47.2. The molecule has 90 heavy (non-hydrogen) atoms. The molecule has 0 aromatic heterocycles. The molecular weight excluding hydrogens is 1120 g/mol. The summed E-state index contributed by atoms with van der Waals surface area (Å²) in [6, 6.07) is 10.6. The van der Waals surface area contributed by atoms with E-state index in [1.165, 1.54) is 19.5 Å². The van der Waals surface area contributed by atoms with Crippen LogP contribution in [0.3, 0.4) is 0 Å². The van der Waals surface area contributed by atoms with Crippen LogP contribution in [0.5, 0.6) is 0 Å². The third-order valence-corrected chi connectivity index (χ3v) is 21.1. The second-order valence-corrected chi connectivity index (χ2v) is 29.8. The van der Waals surface area contributed by atoms with Crippen molar-refractivity contribution in [3.8, 4) is 0 Å². The summed E-state index contributed by atoms with van der Waals surface area (Å²) in [7, 11) is 2.01. The predicted octanol–water partition coefficient (Wildman–Crippen LogP) is 2.32. The maximum Gasteiger partial charge on any atom is 0.0226 e. The van der Waals surface area contributed by atoms with Crippen LogP contribution in [0.25, 0.3) is 0 Å². The fourth-order valence-corrected chi connectivity index (χ4v) is 13.1. The van der Waals surface area contributed by atoms with Crippen LogP contribution >= 0.6 is 0 Å². The van der Waals surface area contributed by atoms with E-state index in [0.29, 0.717) is 109 Å². The first-order valence-corrected chi connectivity index (χ1v) is 36.8. The van der Waals surface area contributed by atoms with Crippen molar-refractivity contribution in [3.05, 3.63) is 0 Å². The van der Waals surface area contributed by atoms with E-state index in [4.69, 9.17) is 34.4 Å². The Bertz CT molecular complexity index is 1710. The molecule has 7 aliphatic rings. The Balaban J connectivity index is 0.000000525. The molecular formula is C69H159N21. The van der Waals surface area contributed by atoms with Crippen molar-refractivity contribution in [2.75, 3.05) is 144 Å². The van der Waals surface area contributed by atoms with Crippen LogP contribution in [0.15, 0.2) is 0 Å². The number of rotatable bonds is 19. The minimum atomic E-state index is -0.0781. The largest absolute Gasteiger partial charge is 0.328 e. The molecule has 0 aromatic carbocycles. The maximum atomic E-state index is 6.06. The van der Waals surface area contributed by atoms with E-state index in [-0.39, 0.29) is 17.6 Å². The molecule has 7 fully saturated rings. The first kappa shape index (κ1) is 87.2.